The van der Waals surface area contributed by atoms with E-state index in [-0.39, 0.29) is 17.7 Å². The van der Waals surface area contributed by atoms with Gasteiger partial charge in [-0.15, -0.1) is 0 Å². The summed E-state index contributed by atoms with van der Waals surface area (Å²) in [7, 11) is 0. The second-order valence-corrected chi connectivity index (χ2v) is 4.35. The lowest BCUT2D eigenvalue weighted by atomic mass is 10.1. The number of amidine groups is 1. The zero-order valence-electron chi connectivity index (χ0n) is 9.23. The topological polar surface area (TPSA) is 87.7 Å². The van der Waals surface area contributed by atoms with Gasteiger partial charge in [0.1, 0.15) is 5.84 Å². The molecule has 0 saturated heterocycles. The number of nitrogens with one attached hydrogen (secondary N) is 1. The van der Waals surface area contributed by atoms with Crippen molar-refractivity contribution in [3.05, 3.63) is 21.9 Å². The maximum absolute atomic E-state index is 11.7. The van der Waals surface area contributed by atoms with Crippen LogP contribution in [-0.4, -0.2) is 23.5 Å². The molecule has 1 unspecified atom stereocenters. The SMILES string of the molecule is Cc1cscc1C(=O)NCC(C)C(N)=NO. The number of carbonyl (C=O) groups is 1. The Labute approximate surface area is 98.0 Å². The van der Waals surface area contributed by atoms with E-state index in [0.717, 1.165) is 5.56 Å². The number of hydrogen-bond donors (Lipinski definition) is 3. The number of rotatable bonds is 4. The van der Waals surface area contributed by atoms with Crippen LogP contribution in [0.3, 0.4) is 0 Å². The number of oxime groups is 1. The predicted molar refractivity (Wildman–Crippen MR) is 64.0 cm³/mol. The first kappa shape index (κ1) is 12.5. The van der Waals surface area contributed by atoms with Crippen molar-refractivity contribution in [1.82, 2.24) is 5.32 Å². The van der Waals surface area contributed by atoms with E-state index in [1.807, 2.05) is 12.3 Å². The number of amides is 1. The monoisotopic (exact) mass is 241 g/mol. The van der Waals surface area contributed by atoms with E-state index in [1.165, 1.54) is 11.3 Å². The Morgan fingerprint density at radius 2 is 2.38 bits per heavy atom. The van der Waals surface area contributed by atoms with Crippen molar-refractivity contribution in [3.63, 3.8) is 0 Å². The van der Waals surface area contributed by atoms with Gasteiger partial charge in [-0.25, -0.2) is 0 Å². The summed E-state index contributed by atoms with van der Waals surface area (Å²) in [4.78, 5) is 11.7. The minimum atomic E-state index is -0.187. The van der Waals surface area contributed by atoms with Crippen LogP contribution in [0.4, 0.5) is 0 Å². The first-order valence-corrected chi connectivity index (χ1v) is 5.79. The molecule has 0 fully saturated rings. The minimum absolute atomic E-state index is 0.113. The van der Waals surface area contributed by atoms with Crippen LogP contribution in [0.15, 0.2) is 15.9 Å². The number of thiophene rings is 1. The van der Waals surface area contributed by atoms with Gasteiger partial charge in [0, 0.05) is 17.8 Å². The highest BCUT2D eigenvalue weighted by atomic mass is 32.1. The first-order valence-electron chi connectivity index (χ1n) is 4.84. The maximum Gasteiger partial charge on any atom is 0.252 e. The highest BCUT2D eigenvalue weighted by molar-refractivity contribution is 7.08. The van der Waals surface area contributed by atoms with Gasteiger partial charge in [0.05, 0.1) is 5.56 Å². The summed E-state index contributed by atoms with van der Waals surface area (Å²) in [5.41, 5.74) is 7.04. The lowest BCUT2D eigenvalue weighted by molar-refractivity contribution is 0.0951. The van der Waals surface area contributed by atoms with Gasteiger partial charge in [-0.3, -0.25) is 4.79 Å². The quantitative estimate of drug-likeness (QED) is 0.320. The molecule has 6 heteroatoms. The molecule has 5 nitrogen and oxygen atoms in total. The third-order valence-corrected chi connectivity index (χ3v) is 3.15. The zero-order chi connectivity index (χ0) is 12.1. The van der Waals surface area contributed by atoms with Gasteiger partial charge in [-0.1, -0.05) is 12.1 Å². The van der Waals surface area contributed by atoms with Crippen LogP contribution >= 0.6 is 11.3 Å². The summed E-state index contributed by atoms with van der Waals surface area (Å²) in [5.74, 6) is -0.202. The lowest BCUT2D eigenvalue weighted by Crippen LogP contribution is -2.34. The fraction of sp³-hybridized carbons (Fsp3) is 0.400. The molecule has 4 N–H and O–H groups in total. The van der Waals surface area contributed by atoms with Gasteiger partial charge >= 0.3 is 0 Å². The van der Waals surface area contributed by atoms with Crippen LogP contribution in [0.25, 0.3) is 0 Å². The van der Waals surface area contributed by atoms with E-state index in [9.17, 15) is 4.79 Å². The predicted octanol–water partition coefficient (Wildman–Crippen LogP) is 1.17. The van der Waals surface area contributed by atoms with Gasteiger partial charge in [0.25, 0.3) is 5.91 Å². The molecule has 0 aliphatic carbocycles. The van der Waals surface area contributed by atoms with Crippen molar-refractivity contribution in [2.45, 2.75) is 13.8 Å². The molecular formula is C10H15N3O2S. The lowest BCUT2D eigenvalue weighted by Gasteiger charge is -2.10. The first-order chi connectivity index (χ1) is 7.56. The fourth-order valence-electron chi connectivity index (χ4n) is 1.14. The van der Waals surface area contributed by atoms with E-state index in [1.54, 1.807) is 12.3 Å². The zero-order valence-corrected chi connectivity index (χ0v) is 10.0. The fourth-order valence-corrected chi connectivity index (χ4v) is 1.97. The molecule has 1 rings (SSSR count). The smallest absolute Gasteiger partial charge is 0.252 e. The molecule has 1 atom stereocenters. The molecule has 16 heavy (non-hydrogen) atoms. The average molecular weight is 241 g/mol. The molecule has 0 bridgehead atoms. The van der Waals surface area contributed by atoms with Gasteiger partial charge < -0.3 is 16.3 Å². The molecule has 0 spiro atoms. The van der Waals surface area contributed by atoms with Crippen LogP contribution in [0.2, 0.25) is 0 Å². The van der Waals surface area contributed by atoms with Gasteiger partial charge in [0.15, 0.2) is 0 Å². The highest BCUT2D eigenvalue weighted by Crippen LogP contribution is 2.13. The maximum atomic E-state index is 11.7. The van der Waals surface area contributed by atoms with Crippen LogP contribution in [0.1, 0.15) is 22.8 Å². The Balaban J connectivity index is 2.51. The number of nitrogens with two attached hydrogens (primary N) is 1. The van der Waals surface area contributed by atoms with Crippen molar-refractivity contribution in [2.24, 2.45) is 16.8 Å². The normalized spacial score (nSPS) is 13.5. The van der Waals surface area contributed by atoms with Gasteiger partial charge in [0.2, 0.25) is 0 Å². The van der Waals surface area contributed by atoms with Crippen molar-refractivity contribution in [3.8, 4) is 0 Å². The van der Waals surface area contributed by atoms with Crippen LogP contribution in [0.5, 0.6) is 0 Å². The summed E-state index contributed by atoms with van der Waals surface area (Å²) >= 11 is 1.49. The molecule has 0 aliphatic heterocycles. The van der Waals surface area contributed by atoms with Crippen molar-refractivity contribution < 1.29 is 10.0 Å². The van der Waals surface area contributed by atoms with E-state index >= 15 is 0 Å². The molecule has 1 aromatic rings. The van der Waals surface area contributed by atoms with Crippen molar-refractivity contribution in [1.29, 1.82) is 0 Å². The summed E-state index contributed by atoms with van der Waals surface area (Å²) in [6.07, 6.45) is 0. The molecular weight excluding hydrogens is 226 g/mol. The highest BCUT2D eigenvalue weighted by Gasteiger charge is 2.12. The molecule has 0 radical (unpaired) electrons. The molecule has 0 aromatic carbocycles. The Kier molecular flexibility index (Phi) is 4.30. The van der Waals surface area contributed by atoms with E-state index < -0.39 is 0 Å². The average Bonchev–Trinajstić information content (AvgIpc) is 2.70. The molecule has 0 saturated carbocycles. The van der Waals surface area contributed by atoms with Crippen LogP contribution < -0.4 is 11.1 Å². The number of hydrogen-bond acceptors (Lipinski definition) is 4. The third-order valence-electron chi connectivity index (χ3n) is 2.29. The molecule has 1 amide bonds. The largest absolute Gasteiger partial charge is 0.409 e. The second-order valence-electron chi connectivity index (χ2n) is 3.60. The Hall–Kier alpha value is -1.56. The summed E-state index contributed by atoms with van der Waals surface area (Å²) in [6, 6.07) is 0. The third kappa shape index (κ3) is 2.96. The molecule has 1 heterocycles. The Bertz CT molecular complexity index is 401. The van der Waals surface area contributed by atoms with Crippen molar-refractivity contribution in [2.75, 3.05) is 6.54 Å². The van der Waals surface area contributed by atoms with Crippen LogP contribution in [-0.2, 0) is 0 Å². The van der Waals surface area contributed by atoms with Crippen molar-refractivity contribution >= 4 is 23.1 Å². The molecule has 0 aliphatic rings. The summed E-state index contributed by atoms with van der Waals surface area (Å²) < 4.78 is 0. The summed E-state index contributed by atoms with van der Waals surface area (Å²) in [5, 5.41) is 17.8. The van der Waals surface area contributed by atoms with Gasteiger partial charge in [-0.2, -0.15) is 11.3 Å². The van der Waals surface area contributed by atoms with Gasteiger partial charge in [-0.05, 0) is 17.9 Å². The Morgan fingerprint density at radius 3 is 2.88 bits per heavy atom. The standard InChI is InChI=1S/C10H15N3O2S/c1-6(9(11)13-15)3-12-10(14)8-5-16-4-7(8)2/h4-6,15H,3H2,1-2H3,(H2,11,13)(H,12,14). The van der Waals surface area contributed by atoms with E-state index in [0.29, 0.717) is 12.1 Å². The minimum Gasteiger partial charge on any atom is -0.409 e. The number of carbonyl (C=O) groups excluding carboxylic acids is 1. The number of nitrogens with zero attached hydrogens (tertiary/aromatic N) is 1. The van der Waals surface area contributed by atoms with Crippen LogP contribution in [0, 0.1) is 12.8 Å². The summed E-state index contributed by atoms with van der Waals surface area (Å²) in [6.45, 7) is 4.01. The second kappa shape index (κ2) is 5.50. The van der Waals surface area contributed by atoms with E-state index in [4.69, 9.17) is 10.9 Å². The number of aryl methyl sites for hydroxylation is 1. The Morgan fingerprint density at radius 1 is 1.69 bits per heavy atom. The molecule has 88 valence electrons. The molecule has 1 aromatic heterocycles. The van der Waals surface area contributed by atoms with E-state index in [2.05, 4.69) is 10.5 Å².